The van der Waals surface area contributed by atoms with Crippen LogP contribution < -0.4 is 19.7 Å². The SMILES string of the molecule is COc1cc(OC)cc(C2CNc3cc(N(CCCCO)C(C)=O)ncc3C2)c1. The first-order valence-corrected chi connectivity index (χ1v) is 9.90. The normalized spacial score (nSPS) is 15.2. The molecule has 0 bridgehead atoms. The number of unbranched alkanes of at least 4 members (excludes halogenated alkanes) is 1. The highest BCUT2D eigenvalue weighted by Gasteiger charge is 2.23. The van der Waals surface area contributed by atoms with E-state index in [4.69, 9.17) is 14.6 Å². The van der Waals surface area contributed by atoms with Gasteiger partial charge in [-0.25, -0.2) is 4.98 Å². The number of fused-ring (bicyclic) bond motifs is 1. The molecule has 1 aromatic carbocycles. The predicted octanol–water partition coefficient (Wildman–Crippen LogP) is 2.98. The van der Waals surface area contributed by atoms with Gasteiger partial charge >= 0.3 is 0 Å². The Kier molecular flexibility index (Phi) is 6.93. The van der Waals surface area contributed by atoms with Gasteiger partial charge in [-0.3, -0.25) is 9.69 Å². The lowest BCUT2D eigenvalue weighted by molar-refractivity contribution is -0.116. The number of aliphatic hydroxyl groups is 1. The maximum atomic E-state index is 12.0. The summed E-state index contributed by atoms with van der Waals surface area (Å²) in [5.41, 5.74) is 3.28. The third-order valence-corrected chi connectivity index (χ3v) is 5.27. The number of aromatic nitrogens is 1. The first-order valence-electron chi connectivity index (χ1n) is 9.90. The van der Waals surface area contributed by atoms with Crippen molar-refractivity contribution in [3.63, 3.8) is 0 Å². The highest BCUT2D eigenvalue weighted by atomic mass is 16.5. The number of carbonyl (C=O) groups is 1. The Hall–Kier alpha value is -2.80. The van der Waals surface area contributed by atoms with E-state index in [0.29, 0.717) is 18.8 Å². The molecule has 7 nitrogen and oxygen atoms in total. The summed E-state index contributed by atoms with van der Waals surface area (Å²) in [5.74, 6) is 2.42. The number of nitrogens with one attached hydrogen (secondary N) is 1. The molecule has 156 valence electrons. The molecule has 3 rings (SSSR count). The summed E-state index contributed by atoms with van der Waals surface area (Å²) in [5, 5.41) is 12.5. The van der Waals surface area contributed by atoms with Gasteiger partial charge in [-0.2, -0.15) is 0 Å². The molecule has 1 atom stereocenters. The van der Waals surface area contributed by atoms with Crippen LogP contribution in [0.15, 0.2) is 30.5 Å². The van der Waals surface area contributed by atoms with Crippen molar-refractivity contribution in [3.8, 4) is 11.5 Å². The molecule has 1 amide bonds. The average Bonchev–Trinajstić information content (AvgIpc) is 2.75. The summed E-state index contributed by atoms with van der Waals surface area (Å²) in [4.78, 5) is 18.2. The molecule has 0 aliphatic carbocycles. The number of methoxy groups -OCH3 is 2. The number of pyridine rings is 1. The van der Waals surface area contributed by atoms with Gasteiger partial charge in [0.15, 0.2) is 0 Å². The smallest absolute Gasteiger partial charge is 0.225 e. The number of ether oxygens (including phenoxy) is 2. The minimum absolute atomic E-state index is 0.0486. The summed E-state index contributed by atoms with van der Waals surface area (Å²) in [7, 11) is 3.31. The second-order valence-electron chi connectivity index (χ2n) is 7.23. The molecular formula is C22H29N3O4. The molecule has 2 heterocycles. The lowest BCUT2D eigenvalue weighted by Gasteiger charge is -2.28. The van der Waals surface area contributed by atoms with Gasteiger partial charge < -0.3 is 19.9 Å². The molecule has 1 unspecified atom stereocenters. The topological polar surface area (TPSA) is 83.9 Å². The summed E-state index contributed by atoms with van der Waals surface area (Å²) in [6, 6.07) is 7.90. The zero-order chi connectivity index (χ0) is 20.8. The van der Waals surface area contributed by atoms with Crippen molar-refractivity contribution in [1.82, 2.24) is 4.98 Å². The predicted molar refractivity (Wildman–Crippen MR) is 113 cm³/mol. The fourth-order valence-electron chi connectivity index (χ4n) is 3.63. The van der Waals surface area contributed by atoms with Crippen LogP contribution in [0.4, 0.5) is 11.5 Å². The van der Waals surface area contributed by atoms with Crippen LogP contribution in [0.5, 0.6) is 11.5 Å². The largest absolute Gasteiger partial charge is 0.497 e. The van der Waals surface area contributed by atoms with Gasteiger partial charge in [-0.05, 0) is 42.5 Å². The van der Waals surface area contributed by atoms with Gasteiger partial charge in [-0.15, -0.1) is 0 Å². The molecule has 0 saturated heterocycles. The number of anilines is 2. The number of nitrogens with zero attached hydrogens (tertiary/aromatic N) is 2. The molecule has 1 aromatic heterocycles. The van der Waals surface area contributed by atoms with Gasteiger partial charge in [0.05, 0.1) is 14.2 Å². The Morgan fingerprint density at radius 2 is 1.93 bits per heavy atom. The Bertz CT molecular complexity index is 834. The first kappa shape index (κ1) is 20.9. The molecular weight excluding hydrogens is 370 g/mol. The van der Waals surface area contributed by atoms with Gasteiger partial charge in [0.1, 0.15) is 17.3 Å². The van der Waals surface area contributed by atoms with E-state index < -0.39 is 0 Å². The van der Waals surface area contributed by atoms with Crippen LogP contribution in [0.25, 0.3) is 0 Å². The molecule has 0 radical (unpaired) electrons. The number of hydrogen-bond donors (Lipinski definition) is 2. The van der Waals surface area contributed by atoms with Crippen LogP contribution in [-0.4, -0.2) is 49.9 Å². The second-order valence-corrected chi connectivity index (χ2v) is 7.23. The fourth-order valence-corrected chi connectivity index (χ4v) is 3.63. The average molecular weight is 399 g/mol. The van der Waals surface area contributed by atoms with E-state index >= 15 is 0 Å². The van der Waals surface area contributed by atoms with Crippen LogP contribution in [0.3, 0.4) is 0 Å². The van der Waals surface area contributed by atoms with Crippen molar-refractivity contribution in [3.05, 3.63) is 41.6 Å². The highest BCUT2D eigenvalue weighted by Crippen LogP contribution is 2.35. The lowest BCUT2D eigenvalue weighted by atomic mass is 9.88. The van der Waals surface area contributed by atoms with Crippen LogP contribution >= 0.6 is 0 Å². The zero-order valence-corrected chi connectivity index (χ0v) is 17.3. The van der Waals surface area contributed by atoms with E-state index in [-0.39, 0.29) is 18.4 Å². The van der Waals surface area contributed by atoms with E-state index in [1.807, 2.05) is 30.5 Å². The summed E-state index contributed by atoms with van der Waals surface area (Å²) in [6.07, 6.45) is 4.10. The summed E-state index contributed by atoms with van der Waals surface area (Å²) in [6.45, 7) is 2.99. The van der Waals surface area contributed by atoms with Crippen molar-refractivity contribution in [1.29, 1.82) is 0 Å². The van der Waals surface area contributed by atoms with Crippen molar-refractivity contribution in [2.45, 2.75) is 32.1 Å². The quantitative estimate of drug-likeness (QED) is 0.664. The molecule has 2 N–H and O–H groups in total. The van der Waals surface area contributed by atoms with E-state index in [2.05, 4.69) is 10.3 Å². The minimum Gasteiger partial charge on any atom is -0.497 e. The Balaban J connectivity index is 1.79. The fraction of sp³-hybridized carbons (Fsp3) is 0.455. The molecule has 29 heavy (non-hydrogen) atoms. The van der Waals surface area contributed by atoms with Crippen molar-refractivity contribution < 1.29 is 19.4 Å². The van der Waals surface area contributed by atoms with Crippen LogP contribution in [0.1, 0.15) is 36.8 Å². The molecule has 0 spiro atoms. The molecule has 1 aliphatic rings. The Morgan fingerprint density at radius 1 is 1.21 bits per heavy atom. The highest BCUT2D eigenvalue weighted by molar-refractivity contribution is 5.91. The molecule has 0 fully saturated rings. The van der Waals surface area contributed by atoms with Gasteiger partial charge in [-0.1, -0.05) is 0 Å². The van der Waals surface area contributed by atoms with Gasteiger partial charge in [0.25, 0.3) is 0 Å². The zero-order valence-electron chi connectivity index (χ0n) is 17.3. The van der Waals surface area contributed by atoms with Crippen LogP contribution in [0.2, 0.25) is 0 Å². The Morgan fingerprint density at radius 3 is 2.55 bits per heavy atom. The molecule has 0 saturated carbocycles. The van der Waals surface area contributed by atoms with Gasteiger partial charge in [0.2, 0.25) is 5.91 Å². The Labute approximate surface area is 171 Å². The van der Waals surface area contributed by atoms with Crippen LogP contribution in [0, 0.1) is 0 Å². The molecule has 2 aromatic rings. The number of hydrogen-bond acceptors (Lipinski definition) is 6. The van der Waals surface area contributed by atoms with Crippen molar-refractivity contribution >= 4 is 17.4 Å². The lowest BCUT2D eigenvalue weighted by Crippen LogP contribution is -2.31. The van der Waals surface area contributed by atoms with E-state index in [0.717, 1.165) is 47.7 Å². The number of benzene rings is 1. The van der Waals surface area contributed by atoms with E-state index in [1.54, 1.807) is 26.0 Å². The number of amides is 1. The second kappa shape index (κ2) is 9.60. The third kappa shape index (κ3) is 4.98. The maximum Gasteiger partial charge on any atom is 0.225 e. The number of aliphatic hydroxyl groups excluding tert-OH is 1. The van der Waals surface area contributed by atoms with Crippen LogP contribution in [-0.2, 0) is 11.2 Å². The summed E-state index contributed by atoms with van der Waals surface area (Å²) < 4.78 is 10.8. The maximum absolute atomic E-state index is 12.0. The van der Waals surface area contributed by atoms with Crippen molar-refractivity contribution in [2.75, 3.05) is 44.1 Å². The van der Waals surface area contributed by atoms with E-state index in [1.165, 1.54) is 0 Å². The van der Waals surface area contributed by atoms with E-state index in [9.17, 15) is 4.79 Å². The number of rotatable bonds is 8. The van der Waals surface area contributed by atoms with Crippen molar-refractivity contribution in [2.24, 2.45) is 0 Å². The standard InChI is InChI=1S/C22H29N3O4/c1-15(27)25(6-4-5-7-26)22-12-21-18(14-24-22)8-17(13-23-21)16-9-19(28-2)11-20(10-16)29-3/h9-12,14,17,23,26H,4-8,13H2,1-3H3. The number of carbonyl (C=O) groups excluding carboxylic acids is 1. The first-order chi connectivity index (χ1) is 14.0. The minimum atomic E-state index is -0.0486. The molecule has 7 heteroatoms. The van der Waals surface area contributed by atoms with Gasteiger partial charge in [0, 0.05) is 56.6 Å². The monoisotopic (exact) mass is 399 g/mol. The summed E-state index contributed by atoms with van der Waals surface area (Å²) >= 11 is 0. The third-order valence-electron chi connectivity index (χ3n) is 5.27. The molecule has 1 aliphatic heterocycles.